The standard InChI is InChI=1S/C22H30F3N5O2/c1-4-16-11-29(3)21(32-14-22(23,24)25)15(2)9-17(16)12-30-13-18-19(28-30)5-6-27-20(18)10-26-7-8-31/h5-6,9,13,16,26,31H,4,7-8,10-12,14H2,1-3H3. The summed E-state index contributed by atoms with van der Waals surface area (Å²) in [5.41, 5.74) is 3.42. The zero-order valence-electron chi connectivity index (χ0n) is 18.6. The fraction of sp³-hybridized carbons (Fsp3) is 0.545. The highest BCUT2D eigenvalue weighted by Gasteiger charge is 2.31. The second kappa shape index (κ2) is 10.4. The van der Waals surface area contributed by atoms with Crippen molar-refractivity contribution in [3.8, 4) is 0 Å². The summed E-state index contributed by atoms with van der Waals surface area (Å²) in [6, 6.07) is 1.85. The Morgan fingerprint density at radius 2 is 2.12 bits per heavy atom. The highest BCUT2D eigenvalue weighted by Crippen LogP contribution is 2.29. The highest BCUT2D eigenvalue weighted by molar-refractivity contribution is 5.80. The van der Waals surface area contributed by atoms with Gasteiger partial charge in [-0.1, -0.05) is 13.0 Å². The van der Waals surface area contributed by atoms with E-state index in [1.54, 1.807) is 25.1 Å². The van der Waals surface area contributed by atoms with Crippen molar-refractivity contribution in [1.82, 2.24) is 25.0 Å². The van der Waals surface area contributed by atoms with Crippen LogP contribution in [0.3, 0.4) is 0 Å². The van der Waals surface area contributed by atoms with E-state index in [9.17, 15) is 13.2 Å². The van der Waals surface area contributed by atoms with E-state index in [2.05, 4.69) is 22.3 Å². The number of nitrogens with one attached hydrogen (secondary N) is 1. The topological polar surface area (TPSA) is 75.4 Å². The van der Waals surface area contributed by atoms with Gasteiger partial charge in [0.2, 0.25) is 0 Å². The summed E-state index contributed by atoms with van der Waals surface area (Å²) in [5.74, 6) is 0.404. The molecule has 10 heteroatoms. The lowest BCUT2D eigenvalue weighted by Gasteiger charge is -2.26. The van der Waals surface area contributed by atoms with Gasteiger partial charge in [0.05, 0.1) is 24.4 Å². The third kappa shape index (κ3) is 6.01. The van der Waals surface area contributed by atoms with E-state index >= 15 is 0 Å². The van der Waals surface area contributed by atoms with Gasteiger partial charge < -0.3 is 20.1 Å². The van der Waals surface area contributed by atoms with Crippen molar-refractivity contribution in [1.29, 1.82) is 0 Å². The summed E-state index contributed by atoms with van der Waals surface area (Å²) in [5, 5.41) is 17.7. The molecule has 0 aliphatic carbocycles. The molecule has 0 fully saturated rings. The van der Waals surface area contributed by atoms with Gasteiger partial charge in [-0.05, 0) is 30.9 Å². The maximum Gasteiger partial charge on any atom is 0.422 e. The van der Waals surface area contributed by atoms with Gasteiger partial charge in [0, 0.05) is 50.0 Å². The number of alkyl halides is 3. The lowest BCUT2D eigenvalue weighted by Crippen LogP contribution is -2.29. The Morgan fingerprint density at radius 3 is 2.81 bits per heavy atom. The molecule has 2 aromatic heterocycles. The van der Waals surface area contributed by atoms with Crippen LogP contribution in [0.2, 0.25) is 0 Å². The number of rotatable bonds is 9. The maximum absolute atomic E-state index is 12.7. The van der Waals surface area contributed by atoms with Crippen molar-refractivity contribution in [3.05, 3.63) is 47.3 Å². The molecule has 3 rings (SSSR count). The number of fused-ring (bicyclic) bond motifs is 1. The molecular weight excluding hydrogens is 423 g/mol. The second-order valence-electron chi connectivity index (χ2n) is 8.01. The van der Waals surface area contributed by atoms with Crippen molar-refractivity contribution < 1.29 is 23.0 Å². The van der Waals surface area contributed by atoms with E-state index in [0.717, 1.165) is 28.6 Å². The van der Waals surface area contributed by atoms with Gasteiger partial charge in [0.25, 0.3) is 0 Å². The number of hydrogen-bond acceptors (Lipinski definition) is 6. The molecule has 1 aliphatic rings. The Balaban J connectivity index is 1.86. The molecule has 0 saturated heterocycles. The van der Waals surface area contributed by atoms with E-state index < -0.39 is 12.8 Å². The molecule has 2 aromatic rings. The summed E-state index contributed by atoms with van der Waals surface area (Å²) in [7, 11) is 1.76. The summed E-state index contributed by atoms with van der Waals surface area (Å²) < 4.78 is 45.1. The van der Waals surface area contributed by atoms with Crippen LogP contribution in [-0.2, 0) is 17.8 Å². The molecule has 3 heterocycles. The molecule has 0 bridgehead atoms. The van der Waals surface area contributed by atoms with Crippen LogP contribution >= 0.6 is 0 Å². The van der Waals surface area contributed by atoms with Crippen LogP contribution in [-0.4, -0.2) is 64.3 Å². The third-order valence-corrected chi connectivity index (χ3v) is 5.46. The Morgan fingerprint density at radius 1 is 1.34 bits per heavy atom. The first-order chi connectivity index (χ1) is 15.2. The van der Waals surface area contributed by atoms with Crippen LogP contribution in [0, 0.1) is 5.92 Å². The SMILES string of the molecule is CCC1CN(C)C(OCC(F)(F)F)=C(C)C=C1Cn1cc2c(CNCCO)nccc2n1. The van der Waals surface area contributed by atoms with E-state index in [0.29, 0.717) is 31.8 Å². The summed E-state index contributed by atoms with van der Waals surface area (Å²) in [6.07, 6.45) is 2.04. The lowest BCUT2D eigenvalue weighted by molar-refractivity contribution is -0.169. The van der Waals surface area contributed by atoms with Crippen molar-refractivity contribution in [2.45, 2.75) is 39.5 Å². The molecule has 7 nitrogen and oxygen atoms in total. The zero-order chi connectivity index (χ0) is 23.3. The smallest absolute Gasteiger partial charge is 0.422 e. The number of hydrogen-bond donors (Lipinski definition) is 2. The van der Waals surface area contributed by atoms with Gasteiger partial charge in [-0.3, -0.25) is 9.67 Å². The normalized spacial score (nSPS) is 17.7. The first-order valence-electron chi connectivity index (χ1n) is 10.7. The molecule has 1 unspecified atom stereocenters. The predicted octanol–water partition coefficient (Wildman–Crippen LogP) is 3.22. The molecule has 1 atom stereocenters. The van der Waals surface area contributed by atoms with E-state index in [4.69, 9.17) is 9.84 Å². The van der Waals surface area contributed by atoms with Gasteiger partial charge in [-0.2, -0.15) is 18.3 Å². The zero-order valence-corrected chi connectivity index (χ0v) is 18.6. The third-order valence-electron chi connectivity index (χ3n) is 5.46. The number of allylic oxidation sites excluding steroid dienone is 2. The number of ether oxygens (including phenoxy) is 1. The van der Waals surface area contributed by atoms with Crippen LogP contribution in [0.1, 0.15) is 26.0 Å². The van der Waals surface area contributed by atoms with Gasteiger partial charge in [0.15, 0.2) is 12.5 Å². The van der Waals surface area contributed by atoms with Gasteiger partial charge >= 0.3 is 6.18 Å². The minimum Gasteiger partial charge on any atom is -0.469 e. The van der Waals surface area contributed by atoms with E-state index in [1.165, 1.54) is 0 Å². The Hall–Kier alpha value is -2.59. The van der Waals surface area contributed by atoms with Crippen LogP contribution in [0.5, 0.6) is 0 Å². The summed E-state index contributed by atoms with van der Waals surface area (Å²) in [4.78, 5) is 6.18. The molecule has 0 amide bonds. The van der Waals surface area contributed by atoms with Crippen molar-refractivity contribution in [3.63, 3.8) is 0 Å². The second-order valence-corrected chi connectivity index (χ2v) is 8.01. The Bertz CT molecular complexity index is 984. The number of pyridine rings is 1. The fourth-order valence-electron chi connectivity index (χ4n) is 3.97. The largest absolute Gasteiger partial charge is 0.469 e. The number of halogens is 3. The monoisotopic (exact) mass is 453 g/mol. The first-order valence-corrected chi connectivity index (χ1v) is 10.7. The highest BCUT2D eigenvalue weighted by atomic mass is 19.4. The molecular formula is C22H30F3N5O2. The minimum absolute atomic E-state index is 0.0534. The molecule has 0 radical (unpaired) electrons. The fourth-order valence-corrected chi connectivity index (χ4v) is 3.97. The van der Waals surface area contributed by atoms with E-state index in [1.807, 2.05) is 23.0 Å². The molecule has 0 saturated carbocycles. The van der Waals surface area contributed by atoms with Crippen LogP contribution in [0.25, 0.3) is 10.9 Å². The number of aliphatic hydroxyl groups is 1. The Labute approximate surface area is 185 Å². The van der Waals surface area contributed by atoms with Crippen molar-refractivity contribution in [2.24, 2.45) is 5.92 Å². The number of aliphatic hydroxyl groups excluding tert-OH is 1. The number of nitrogens with zero attached hydrogens (tertiary/aromatic N) is 4. The van der Waals surface area contributed by atoms with Crippen LogP contribution in [0.15, 0.2) is 41.6 Å². The quantitative estimate of drug-likeness (QED) is 0.568. The molecule has 0 aromatic carbocycles. The van der Waals surface area contributed by atoms with Gasteiger partial charge in [-0.15, -0.1) is 0 Å². The first kappa shape index (κ1) is 24.1. The number of aromatic nitrogens is 3. The predicted molar refractivity (Wildman–Crippen MR) is 116 cm³/mol. The Kier molecular flexibility index (Phi) is 7.78. The minimum atomic E-state index is -4.38. The molecule has 176 valence electrons. The van der Waals surface area contributed by atoms with Gasteiger partial charge in [0.1, 0.15) is 0 Å². The van der Waals surface area contributed by atoms with Gasteiger partial charge in [-0.25, -0.2) is 0 Å². The summed E-state index contributed by atoms with van der Waals surface area (Å²) >= 11 is 0. The van der Waals surface area contributed by atoms with Crippen LogP contribution in [0.4, 0.5) is 13.2 Å². The van der Waals surface area contributed by atoms with Crippen molar-refractivity contribution >= 4 is 10.9 Å². The molecule has 1 aliphatic heterocycles. The molecule has 0 spiro atoms. The molecule has 32 heavy (non-hydrogen) atoms. The van der Waals surface area contributed by atoms with Crippen LogP contribution < -0.4 is 5.32 Å². The van der Waals surface area contributed by atoms with Crippen molar-refractivity contribution in [2.75, 3.05) is 33.4 Å². The summed E-state index contributed by atoms with van der Waals surface area (Å²) in [6.45, 7) is 4.67. The van der Waals surface area contributed by atoms with E-state index in [-0.39, 0.29) is 18.4 Å². The average molecular weight is 454 g/mol. The lowest BCUT2D eigenvalue weighted by atomic mass is 9.95. The average Bonchev–Trinajstić information content (AvgIpc) is 3.09. The maximum atomic E-state index is 12.7. The molecule has 2 N–H and O–H groups in total.